The number of aromatic nitrogens is 1. The number of rotatable bonds is 4. The van der Waals surface area contributed by atoms with Gasteiger partial charge in [0, 0.05) is 11.4 Å². The van der Waals surface area contributed by atoms with Crippen LogP contribution in [0.1, 0.15) is 23.0 Å². The Bertz CT molecular complexity index is 532. The smallest absolute Gasteiger partial charge is 0.340 e. The highest BCUT2D eigenvalue weighted by Gasteiger charge is 2.13. The van der Waals surface area contributed by atoms with E-state index in [1.54, 1.807) is 13.0 Å². The summed E-state index contributed by atoms with van der Waals surface area (Å²) < 4.78 is 4.99. The van der Waals surface area contributed by atoms with Crippen molar-refractivity contribution in [2.75, 3.05) is 11.9 Å². The van der Waals surface area contributed by atoms with Crippen LogP contribution in [0, 0.1) is 6.92 Å². The Morgan fingerprint density at radius 1 is 1.33 bits per heavy atom. The average Bonchev–Trinajstić information content (AvgIpc) is 2.72. The molecule has 1 aromatic heterocycles. The third kappa shape index (κ3) is 2.71. The summed E-state index contributed by atoms with van der Waals surface area (Å²) >= 11 is 0. The number of carbonyl (C=O) groups is 1. The zero-order valence-corrected chi connectivity index (χ0v) is 10.5. The molecule has 0 spiro atoms. The number of nitrogens with one attached hydrogen (secondary N) is 2. The van der Waals surface area contributed by atoms with Crippen LogP contribution in [0.25, 0.3) is 0 Å². The Hall–Kier alpha value is -2.23. The first kappa shape index (κ1) is 12.2. The van der Waals surface area contributed by atoms with Crippen LogP contribution in [0.15, 0.2) is 36.4 Å². The second kappa shape index (κ2) is 5.40. The van der Waals surface area contributed by atoms with Crippen molar-refractivity contribution >= 4 is 17.5 Å². The molecule has 4 nitrogen and oxygen atoms in total. The van der Waals surface area contributed by atoms with Crippen molar-refractivity contribution in [3.8, 4) is 0 Å². The number of hydrogen-bond donors (Lipinski definition) is 2. The third-order valence-corrected chi connectivity index (χ3v) is 2.56. The SMILES string of the molecule is CCOC(=O)c1cc(Nc2ccccc2)[nH]c1C. The maximum Gasteiger partial charge on any atom is 0.340 e. The maximum atomic E-state index is 11.7. The lowest BCUT2D eigenvalue weighted by Gasteiger charge is -2.02. The summed E-state index contributed by atoms with van der Waals surface area (Å²) in [5.74, 6) is 0.481. The number of para-hydroxylation sites is 1. The van der Waals surface area contributed by atoms with E-state index in [1.165, 1.54) is 0 Å². The Morgan fingerprint density at radius 3 is 2.72 bits per heavy atom. The minimum Gasteiger partial charge on any atom is -0.462 e. The lowest BCUT2D eigenvalue weighted by atomic mass is 10.2. The van der Waals surface area contributed by atoms with Crippen LogP contribution in [0.4, 0.5) is 11.5 Å². The average molecular weight is 244 g/mol. The molecular formula is C14H16N2O2. The van der Waals surface area contributed by atoms with E-state index in [0.29, 0.717) is 12.2 Å². The molecule has 1 aromatic carbocycles. The van der Waals surface area contributed by atoms with Crippen LogP contribution in [-0.2, 0) is 4.74 Å². The van der Waals surface area contributed by atoms with E-state index in [9.17, 15) is 4.79 Å². The summed E-state index contributed by atoms with van der Waals surface area (Å²) in [6.07, 6.45) is 0. The zero-order chi connectivity index (χ0) is 13.0. The molecule has 0 unspecified atom stereocenters. The largest absolute Gasteiger partial charge is 0.462 e. The highest BCUT2D eigenvalue weighted by Crippen LogP contribution is 2.19. The first-order valence-electron chi connectivity index (χ1n) is 5.89. The molecular weight excluding hydrogens is 228 g/mol. The normalized spacial score (nSPS) is 10.1. The van der Waals surface area contributed by atoms with Gasteiger partial charge in [-0.2, -0.15) is 0 Å². The molecule has 0 saturated carbocycles. The topological polar surface area (TPSA) is 54.1 Å². The summed E-state index contributed by atoms with van der Waals surface area (Å²) in [6.45, 7) is 4.02. The van der Waals surface area contributed by atoms with Gasteiger partial charge >= 0.3 is 5.97 Å². The van der Waals surface area contributed by atoms with Gasteiger partial charge in [-0.25, -0.2) is 4.79 Å². The summed E-state index contributed by atoms with van der Waals surface area (Å²) in [5, 5.41) is 3.20. The van der Waals surface area contributed by atoms with E-state index >= 15 is 0 Å². The summed E-state index contributed by atoms with van der Waals surface area (Å²) in [6, 6.07) is 11.5. The Morgan fingerprint density at radius 2 is 2.06 bits per heavy atom. The Labute approximate surface area is 106 Å². The summed E-state index contributed by atoms with van der Waals surface area (Å²) in [5.41, 5.74) is 2.33. The molecule has 0 aliphatic rings. The number of H-pyrrole nitrogens is 1. The molecule has 0 radical (unpaired) electrons. The van der Waals surface area contributed by atoms with E-state index in [1.807, 2.05) is 37.3 Å². The number of carbonyl (C=O) groups excluding carboxylic acids is 1. The molecule has 2 N–H and O–H groups in total. The Balaban J connectivity index is 2.16. The van der Waals surface area contributed by atoms with Gasteiger partial charge in [-0.3, -0.25) is 0 Å². The zero-order valence-electron chi connectivity index (χ0n) is 10.5. The van der Waals surface area contributed by atoms with Gasteiger partial charge in [0.2, 0.25) is 0 Å². The van der Waals surface area contributed by atoms with Crippen LogP contribution >= 0.6 is 0 Å². The predicted molar refractivity (Wildman–Crippen MR) is 71.2 cm³/mol. The third-order valence-electron chi connectivity index (χ3n) is 2.56. The van der Waals surface area contributed by atoms with Crippen molar-refractivity contribution in [3.05, 3.63) is 47.7 Å². The second-order valence-electron chi connectivity index (χ2n) is 3.93. The second-order valence-corrected chi connectivity index (χ2v) is 3.93. The van der Waals surface area contributed by atoms with Gasteiger partial charge in [0.05, 0.1) is 12.2 Å². The molecule has 2 aromatic rings. The van der Waals surface area contributed by atoms with Crippen LogP contribution in [-0.4, -0.2) is 17.6 Å². The Kier molecular flexibility index (Phi) is 3.67. The monoisotopic (exact) mass is 244 g/mol. The van der Waals surface area contributed by atoms with Gasteiger partial charge in [0.15, 0.2) is 0 Å². The quantitative estimate of drug-likeness (QED) is 0.812. The van der Waals surface area contributed by atoms with Crippen LogP contribution < -0.4 is 5.32 Å². The van der Waals surface area contributed by atoms with E-state index in [-0.39, 0.29) is 5.97 Å². The summed E-state index contributed by atoms with van der Waals surface area (Å²) in [4.78, 5) is 14.8. The molecule has 0 amide bonds. The van der Waals surface area contributed by atoms with Gasteiger partial charge < -0.3 is 15.0 Å². The van der Waals surface area contributed by atoms with Crippen LogP contribution in [0.3, 0.4) is 0 Å². The molecule has 0 aliphatic carbocycles. The standard InChI is InChI=1S/C14H16N2O2/c1-3-18-14(17)12-9-13(15-10(12)2)16-11-7-5-4-6-8-11/h4-9,15-16H,3H2,1-2H3. The molecule has 1 heterocycles. The van der Waals surface area contributed by atoms with Gasteiger partial charge in [0.1, 0.15) is 5.82 Å². The van der Waals surface area contributed by atoms with Gasteiger partial charge in [-0.1, -0.05) is 18.2 Å². The number of aromatic amines is 1. The minimum atomic E-state index is -0.299. The van der Waals surface area contributed by atoms with Crippen molar-refractivity contribution < 1.29 is 9.53 Å². The number of ether oxygens (including phenoxy) is 1. The predicted octanol–water partition coefficient (Wildman–Crippen LogP) is 3.24. The fraction of sp³-hybridized carbons (Fsp3) is 0.214. The van der Waals surface area contributed by atoms with Gasteiger partial charge in [-0.05, 0) is 32.0 Å². The first-order valence-corrected chi connectivity index (χ1v) is 5.89. The number of benzene rings is 1. The molecule has 0 aliphatic heterocycles. The fourth-order valence-corrected chi connectivity index (χ4v) is 1.72. The molecule has 0 atom stereocenters. The van der Waals surface area contributed by atoms with Crippen molar-refractivity contribution in [3.63, 3.8) is 0 Å². The first-order chi connectivity index (χ1) is 8.70. The number of anilines is 2. The van der Waals surface area contributed by atoms with E-state index < -0.39 is 0 Å². The van der Waals surface area contributed by atoms with Crippen molar-refractivity contribution in [2.24, 2.45) is 0 Å². The van der Waals surface area contributed by atoms with Crippen LogP contribution in [0.2, 0.25) is 0 Å². The number of esters is 1. The summed E-state index contributed by atoms with van der Waals surface area (Å²) in [7, 11) is 0. The fourth-order valence-electron chi connectivity index (χ4n) is 1.72. The van der Waals surface area contributed by atoms with Crippen molar-refractivity contribution in [1.29, 1.82) is 0 Å². The van der Waals surface area contributed by atoms with Gasteiger partial charge in [-0.15, -0.1) is 0 Å². The highest BCUT2D eigenvalue weighted by atomic mass is 16.5. The molecule has 4 heteroatoms. The molecule has 0 saturated heterocycles. The van der Waals surface area contributed by atoms with E-state index in [0.717, 1.165) is 17.2 Å². The van der Waals surface area contributed by atoms with E-state index in [2.05, 4.69) is 10.3 Å². The maximum absolute atomic E-state index is 11.7. The van der Waals surface area contributed by atoms with E-state index in [4.69, 9.17) is 4.74 Å². The molecule has 94 valence electrons. The molecule has 2 rings (SSSR count). The van der Waals surface area contributed by atoms with Crippen molar-refractivity contribution in [1.82, 2.24) is 4.98 Å². The number of aryl methyl sites for hydroxylation is 1. The molecule has 0 fully saturated rings. The van der Waals surface area contributed by atoms with Gasteiger partial charge in [0.25, 0.3) is 0 Å². The lowest BCUT2D eigenvalue weighted by Crippen LogP contribution is -2.04. The minimum absolute atomic E-state index is 0.299. The van der Waals surface area contributed by atoms with Crippen LogP contribution in [0.5, 0.6) is 0 Å². The molecule has 0 bridgehead atoms. The number of hydrogen-bond acceptors (Lipinski definition) is 3. The molecule has 18 heavy (non-hydrogen) atoms. The highest BCUT2D eigenvalue weighted by molar-refractivity contribution is 5.92. The van der Waals surface area contributed by atoms with Crippen molar-refractivity contribution in [2.45, 2.75) is 13.8 Å². The lowest BCUT2D eigenvalue weighted by molar-refractivity contribution is 0.0526.